The zero-order chi connectivity index (χ0) is 21.1. The number of aliphatic imine (C=N–C) groups is 1. The average molecular weight is 388 g/mol. The highest BCUT2D eigenvalue weighted by molar-refractivity contribution is 6.12. The SMILES string of the molecule is CC/C(C)=C(/N=C\C(C(N)=O)=C(/C)Nc1cccc(C)c1)NCC(N)COC. The average Bonchev–Trinajstić information content (AvgIpc) is 2.63. The van der Waals surface area contributed by atoms with Gasteiger partial charge in [-0.1, -0.05) is 19.1 Å². The molecule has 1 rings (SSSR count). The van der Waals surface area contributed by atoms with Crippen LogP contribution in [0.15, 0.2) is 51.9 Å². The molecule has 0 aromatic heterocycles. The molecule has 0 aliphatic carbocycles. The summed E-state index contributed by atoms with van der Waals surface area (Å²) < 4.78 is 5.05. The lowest BCUT2D eigenvalue weighted by Gasteiger charge is -2.15. The third kappa shape index (κ3) is 7.94. The van der Waals surface area contributed by atoms with Crippen molar-refractivity contribution in [3.05, 3.63) is 52.5 Å². The number of nitrogens with one attached hydrogen (secondary N) is 2. The maximum absolute atomic E-state index is 12.0. The topological polar surface area (TPSA) is 115 Å². The number of amides is 1. The van der Waals surface area contributed by atoms with E-state index in [4.69, 9.17) is 16.2 Å². The number of hydrogen-bond acceptors (Lipinski definition) is 6. The second-order valence-corrected chi connectivity index (χ2v) is 6.73. The molecule has 1 aromatic carbocycles. The molecule has 0 fully saturated rings. The highest BCUT2D eigenvalue weighted by atomic mass is 16.5. The summed E-state index contributed by atoms with van der Waals surface area (Å²) in [4.78, 5) is 16.4. The molecule has 0 saturated heterocycles. The zero-order valence-electron chi connectivity index (χ0n) is 17.5. The summed E-state index contributed by atoms with van der Waals surface area (Å²) in [5, 5.41) is 6.44. The standard InChI is InChI=1S/C21H33N5O2/c1-6-15(3)21(24-11-17(22)13-28-5)25-12-19(20(23)27)16(4)26-18-9-7-8-14(2)10-18/h7-10,12,17,24,26H,6,11,13,22H2,1-5H3,(H2,23,27)/b19-16-,21-15+,25-12-. The first-order chi connectivity index (χ1) is 13.3. The molecule has 28 heavy (non-hydrogen) atoms. The van der Waals surface area contributed by atoms with Crippen LogP contribution in [0.1, 0.15) is 32.8 Å². The molecule has 0 spiro atoms. The maximum Gasteiger partial charge on any atom is 0.252 e. The van der Waals surface area contributed by atoms with E-state index in [1.54, 1.807) is 14.0 Å². The summed E-state index contributed by atoms with van der Waals surface area (Å²) in [6.07, 6.45) is 2.30. The lowest BCUT2D eigenvalue weighted by molar-refractivity contribution is -0.114. The van der Waals surface area contributed by atoms with Crippen LogP contribution >= 0.6 is 0 Å². The number of carbonyl (C=O) groups excluding carboxylic acids is 1. The number of hydrogen-bond donors (Lipinski definition) is 4. The maximum atomic E-state index is 12.0. The Morgan fingerprint density at radius 1 is 1.36 bits per heavy atom. The number of carbonyl (C=O) groups is 1. The number of nitrogens with two attached hydrogens (primary N) is 2. The Hall–Kier alpha value is -2.64. The van der Waals surface area contributed by atoms with Crippen molar-refractivity contribution in [1.82, 2.24) is 5.32 Å². The molecule has 0 radical (unpaired) electrons. The van der Waals surface area contributed by atoms with Gasteiger partial charge in [-0.3, -0.25) is 4.79 Å². The van der Waals surface area contributed by atoms with E-state index in [1.807, 2.05) is 45.0 Å². The number of allylic oxidation sites excluding steroid dienone is 2. The van der Waals surface area contributed by atoms with Crippen molar-refractivity contribution in [2.75, 3.05) is 25.6 Å². The third-order valence-corrected chi connectivity index (χ3v) is 4.19. The first kappa shape index (κ1) is 23.4. The fourth-order valence-electron chi connectivity index (χ4n) is 2.46. The Kier molecular flexibility index (Phi) is 9.98. The second-order valence-electron chi connectivity index (χ2n) is 6.73. The predicted octanol–water partition coefficient (Wildman–Crippen LogP) is 2.44. The Labute approximate surface area is 167 Å². The largest absolute Gasteiger partial charge is 0.383 e. The quantitative estimate of drug-likeness (QED) is 0.344. The van der Waals surface area contributed by atoms with E-state index in [0.717, 1.165) is 23.2 Å². The van der Waals surface area contributed by atoms with Gasteiger partial charge in [-0.25, -0.2) is 4.99 Å². The van der Waals surface area contributed by atoms with Crippen molar-refractivity contribution in [3.63, 3.8) is 0 Å². The molecule has 0 aliphatic rings. The van der Waals surface area contributed by atoms with Crippen molar-refractivity contribution in [2.24, 2.45) is 16.5 Å². The minimum atomic E-state index is -0.550. The molecular formula is C21H33N5O2. The van der Waals surface area contributed by atoms with Gasteiger partial charge < -0.3 is 26.8 Å². The van der Waals surface area contributed by atoms with Crippen molar-refractivity contribution in [3.8, 4) is 0 Å². The van der Waals surface area contributed by atoms with Crippen LogP contribution in [0.3, 0.4) is 0 Å². The van der Waals surface area contributed by atoms with Crippen LogP contribution in [-0.4, -0.2) is 38.4 Å². The molecule has 1 amide bonds. The van der Waals surface area contributed by atoms with Crippen LogP contribution in [0.25, 0.3) is 0 Å². The fraction of sp³-hybridized carbons (Fsp3) is 0.429. The van der Waals surface area contributed by atoms with Crippen LogP contribution in [0.4, 0.5) is 5.69 Å². The van der Waals surface area contributed by atoms with Gasteiger partial charge in [0.05, 0.1) is 12.2 Å². The van der Waals surface area contributed by atoms with Crippen LogP contribution in [0.5, 0.6) is 0 Å². The van der Waals surface area contributed by atoms with Gasteiger partial charge in [-0.05, 0) is 50.5 Å². The molecule has 0 aliphatic heterocycles. The normalized spacial score (nSPS) is 14.4. The van der Waals surface area contributed by atoms with E-state index in [0.29, 0.717) is 30.2 Å². The second kappa shape index (κ2) is 11.9. The summed E-state index contributed by atoms with van der Waals surface area (Å²) >= 11 is 0. The smallest absolute Gasteiger partial charge is 0.252 e. The minimum absolute atomic E-state index is 0.157. The number of benzene rings is 1. The molecule has 7 heteroatoms. The van der Waals surface area contributed by atoms with E-state index in [-0.39, 0.29) is 6.04 Å². The van der Waals surface area contributed by atoms with E-state index >= 15 is 0 Å². The molecule has 0 heterocycles. The molecule has 1 atom stereocenters. The Balaban J connectivity index is 3.05. The molecule has 7 nitrogen and oxygen atoms in total. The molecule has 0 bridgehead atoms. The van der Waals surface area contributed by atoms with Crippen molar-refractivity contribution < 1.29 is 9.53 Å². The van der Waals surface area contributed by atoms with Gasteiger partial charge >= 0.3 is 0 Å². The summed E-state index contributed by atoms with van der Waals surface area (Å²) in [6, 6.07) is 7.71. The van der Waals surface area contributed by atoms with Crippen LogP contribution in [0, 0.1) is 6.92 Å². The van der Waals surface area contributed by atoms with Gasteiger partial charge in [0, 0.05) is 37.3 Å². The summed E-state index contributed by atoms with van der Waals surface area (Å²) in [6.45, 7) is 8.77. The van der Waals surface area contributed by atoms with Crippen molar-refractivity contribution in [1.29, 1.82) is 0 Å². The first-order valence-corrected chi connectivity index (χ1v) is 9.35. The molecule has 1 unspecified atom stereocenters. The first-order valence-electron chi connectivity index (χ1n) is 9.35. The highest BCUT2D eigenvalue weighted by Crippen LogP contribution is 2.14. The van der Waals surface area contributed by atoms with Crippen molar-refractivity contribution >= 4 is 17.8 Å². The van der Waals surface area contributed by atoms with E-state index in [9.17, 15) is 4.79 Å². The van der Waals surface area contributed by atoms with Gasteiger partial charge in [0.1, 0.15) is 5.82 Å². The monoisotopic (exact) mass is 387 g/mol. The molecule has 6 N–H and O–H groups in total. The fourth-order valence-corrected chi connectivity index (χ4v) is 2.46. The minimum Gasteiger partial charge on any atom is -0.383 e. The van der Waals surface area contributed by atoms with E-state index in [1.165, 1.54) is 6.21 Å². The lowest BCUT2D eigenvalue weighted by Crippen LogP contribution is -2.37. The molecular weight excluding hydrogens is 354 g/mol. The number of rotatable bonds is 11. The van der Waals surface area contributed by atoms with Gasteiger partial charge in [-0.2, -0.15) is 0 Å². The van der Waals surface area contributed by atoms with Crippen LogP contribution in [-0.2, 0) is 9.53 Å². The van der Waals surface area contributed by atoms with Gasteiger partial charge in [0.15, 0.2) is 0 Å². The zero-order valence-corrected chi connectivity index (χ0v) is 17.5. The lowest BCUT2D eigenvalue weighted by atomic mass is 10.2. The number of methoxy groups -OCH3 is 1. The van der Waals surface area contributed by atoms with Crippen LogP contribution in [0.2, 0.25) is 0 Å². The Morgan fingerprint density at radius 2 is 2.07 bits per heavy atom. The number of nitrogens with zero attached hydrogens (tertiary/aromatic N) is 1. The number of aryl methyl sites for hydroxylation is 1. The van der Waals surface area contributed by atoms with E-state index in [2.05, 4.69) is 15.6 Å². The van der Waals surface area contributed by atoms with E-state index < -0.39 is 5.91 Å². The molecule has 1 aromatic rings. The van der Waals surface area contributed by atoms with Crippen molar-refractivity contribution in [2.45, 2.75) is 40.2 Å². The predicted molar refractivity (Wildman–Crippen MR) is 116 cm³/mol. The molecule has 154 valence electrons. The van der Waals surface area contributed by atoms with Gasteiger partial charge in [0.2, 0.25) is 0 Å². The number of ether oxygens (including phenoxy) is 1. The summed E-state index contributed by atoms with van der Waals surface area (Å²) in [5.41, 5.74) is 15.5. The summed E-state index contributed by atoms with van der Waals surface area (Å²) in [7, 11) is 1.61. The number of anilines is 1. The summed E-state index contributed by atoms with van der Waals surface area (Å²) in [5.74, 6) is 0.127. The Bertz CT molecular complexity index is 753. The van der Waals surface area contributed by atoms with Gasteiger partial charge in [0.25, 0.3) is 5.91 Å². The highest BCUT2D eigenvalue weighted by Gasteiger charge is 2.09. The third-order valence-electron chi connectivity index (χ3n) is 4.19. The van der Waals surface area contributed by atoms with Gasteiger partial charge in [-0.15, -0.1) is 0 Å². The number of primary amides is 1. The Morgan fingerprint density at radius 3 is 2.64 bits per heavy atom. The molecule has 0 saturated carbocycles. The van der Waals surface area contributed by atoms with Crippen LogP contribution < -0.4 is 22.1 Å².